The number of nitrogen functional groups attached to an aromatic ring is 1. The van der Waals surface area contributed by atoms with Crippen molar-refractivity contribution in [1.82, 2.24) is 4.90 Å². The van der Waals surface area contributed by atoms with Gasteiger partial charge >= 0.3 is 0 Å². The standard InChI is InChI=1S/C14H20N2O4.CH4O/c1-18-10-8-9(15)11(13(20-3)12(10)19-2)14(17)16-6-4-5-7-16;1-2/h8H,4-7,15H2,1-3H3;2H,1H3. The summed E-state index contributed by atoms with van der Waals surface area (Å²) in [4.78, 5) is 14.4. The van der Waals surface area contributed by atoms with Crippen LogP contribution in [0.5, 0.6) is 17.2 Å². The van der Waals surface area contributed by atoms with Gasteiger partial charge in [-0.1, -0.05) is 0 Å². The van der Waals surface area contributed by atoms with Gasteiger partial charge in [0.1, 0.15) is 5.56 Å². The van der Waals surface area contributed by atoms with Crippen LogP contribution >= 0.6 is 0 Å². The zero-order valence-electron chi connectivity index (χ0n) is 13.5. The van der Waals surface area contributed by atoms with E-state index in [1.807, 2.05) is 0 Å². The highest BCUT2D eigenvalue weighted by atomic mass is 16.5. The molecule has 1 aliphatic rings. The summed E-state index contributed by atoms with van der Waals surface area (Å²) in [6, 6.07) is 1.59. The van der Waals surface area contributed by atoms with E-state index in [1.54, 1.807) is 11.0 Å². The number of carbonyl (C=O) groups excluding carboxylic acids is 1. The summed E-state index contributed by atoms with van der Waals surface area (Å²) >= 11 is 0. The van der Waals surface area contributed by atoms with Crippen molar-refractivity contribution in [1.29, 1.82) is 0 Å². The van der Waals surface area contributed by atoms with Gasteiger partial charge in [0.15, 0.2) is 11.5 Å². The maximum atomic E-state index is 12.6. The Morgan fingerprint density at radius 3 is 2.09 bits per heavy atom. The van der Waals surface area contributed by atoms with Gasteiger partial charge in [0.25, 0.3) is 5.91 Å². The summed E-state index contributed by atoms with van der Waals surface area (Å²) in [7, 11) is 5.50. The summed E-state index contributed by atoms with van der Waals surface area (Å²) in [5.74, 6) is 1.02. The van der Waals surface area contributed by atoms with Crippen LogP contribution in [0.4, 0.5) is 5.69 Å². The Bertz CT molecular complexity index is 513. The van der Waals surface area contributed by atoms with E-state index in [9.17, 15) is 4.79 Å². The third-order valence-electron chi connectivity index (χ3n) is 3.47. The third kappa shape index (κ3) is 3.36. The highest BCUT2D eigenvalue weighted by Crippen LogP contribution is 2.43. The number of carbonyl (C=O) groups is 1. The lowest BCUT2D eigenvalue weighted by atomic mass is 10.1. The van der Waals surface area contributed by atoms with Gasteiger partial charge in [-0.2, -0.15) is 0 Å². The number of aliphatic hydroxyl groups is 1. The molecule has 2 rings (SSSR count). The molecule has 7 heteroatoms. The monoisotopic (exact) mass is 312 g/mol. The summed E-state index contributed by atoms with van der Waals surface area (Å²) in [5.41, 5.74) is 6.67. The van der Waals surface area contributed by atoms with E-state index in [2.05, 4.69) is 0 Å². The van der Waals surface area contributed by atoms with Gasteiger partial charge in [0, 0.05) is 26.3 Å². The molecule has 1 amide bonds. The van der Waals surface area contributed by atoms with Gasteiger partial charge in [-0.3, -0.25) is 4.79 Å². The van der Waals surface area contributed by atoms with Gasteiger partial charge in [-0.25, -0.2) is 0 Å². The predicted molar refractivity (Wildman–Crippen MR) is 83.8 cm³/mol. The van der Waals surface area contributed by atoms with Gasteiger partial charge in [-0.05, 0) is 12.8 Å². The zero-order chi connectivity index (χ0) is 16.7. The number of nitrogens with two attached hydrogens (primary N) is 1. The van der Waals surface area contributed by atoms with Crippen molar-refractivity contribution < 1.29 is 24.1 Å². The van der Waals surface area contributed by atoms with Gasteiger partial charge in [-0.15, -0.1) is 0 Å². The van der Waals surface area contributed by atoms with Crippen molar-refractivity contribution >= 4 is 11.6 Å². The minimum absolute atomic E-state index is 0.127. The van der Waals surface area contributed by atoms with Crippen molar-refractivity contribution in [2.24, 2.45) is 0 Å². The zero-order valence-corrected chi connectivity index (χ0v) is 13.5. The number of aliphatic hydroxyl groups excluding tert-OH is 1. The van der Waals surface area contributed by atoms with E-state index in [1.165, 1.54) is 21.3 Å². The number of anilines is 1. The van der Waals surface area contributed by atoms with E-state index < -0.39 is 0 Å². The number of rotatable bonds is 4. The van der Waals surface area contributed by atoms with Crippen molar-refractivity contribution in [2.45, 2.75) is 12.8 Å². The van der Waals surface area contributed by atoms with Crippen LogP contribution in [0.3, 0.4) is 0 Å². The van der Waals surface area contributed by atoms with Crippen LogP contribution in [0.25, 0.3) is 0 Å². The maximum Gasteiger partial charge on any atom is 0.259 e. The van der Waals surface area contributed by atoms with Crippen molar-refractivity contribution in [3.05, 3.63) is 11.6 Å². The van der Waals surface area contributed by atoms with Crippen molar-refractivity contribution in [3.63, 3.8) is 0 Å². The lowest BCUT2D eigenvalue weighted by Crippen LogP contribution is -2.29. The van der Waals surface area contributed by atoms with Crippen LogP contribution in [0.1, 0.15) is 23.2 Å². The average molecular weight is 312 g/mol. The second kappa shape index (κ2) is 8.33. The quantitative estimate of drug-likeness (QED) is 0.810. The molecule has 22 heavy (non-hydrogen) atoms. The Morgan fingerprint density at radius 1 is 1.09 bits per heavy atom. The second-order valence-electron chi connectivity index (χ2n) is 4.61. The largest absolute Gasteiger partial charge is 0.493 e. The number of hydrogen-bond acceptors (Lipinski definition) is 6. The highest BCUT2D eigenvalue weighted by molar-refractivity contribution is 6.03. The molecule has 0 saturated carbocycles. The molecule has 1 aromatic carbocycles. The molecule has 1 aliphatic heterocycles. The van der Waals surface area contributed by atoms with E-state index >= 15 is 0 Å². The lowest BCUT2D eigenvalue weighted by Gasteiger charge is -2.21. The predicted octanol–water partition coefficient (Wildman–Crippen LogP) is 1.14. The third-order valence-corrected chi connectivity index (χ3v) is 3.47. The van der Waals surface area contributed by atoms with Gasteiger partial charge in [0.05, 0.1) is 27.0 Å². The molecule has 0 unspecified atom stereocenters. The first-order chi connectivity index (χ1) is 10.6. The van der Waals surface area contributed by atoms with E-state index in [-0.39, 0.29) is 5.91 Å². The number of hydrogen-bond donors (Lipinski definition) is 2. The number of methoxy groups -OCH3 is 3. The summed E-state index contributed by atoms with van der Waals surface area (Å²) in [6.45, 7) is 1.49. The second-order valence-corrected chi connectivity index (χ2v) is 4.61. The van der Waals surface area contributed by atoms with E-state index in [4.69, 9.17) is 25.1 Å². The SMILES string of the molecule is CO.COc1cc(N)c(C(=O)N2CCCC2)c(OC)c1OC. The minimum Gasteiger partial charge on any atom is -0.493 e. The highest BCUT2D eigenvalue weighted by Gasteiger charge is 2.28. The number of benzene rings is 1. The van der Waals surface area contributed by atoms with Crippen molar-refractivity contribution in [2.75, 3.05) is 47.3 Å². The molecule has 0 radical (unpaired) electrons. The molecule has 3 N–H and O–H groups in total. The molecule has 7 nitrogen and oxygen atoms in total. The first kappa shape index (κ1) is 17.9. The Labute approximate surface area is 130 Å². The smallest absolute Gasteiger partial charge is 0.259 e. The molecular weight excluding hydrogens is 288 g/mol. The van der Waals surface area contributed by atoms with E-state index in [0.29, 0.717) is 28.5 Å². The van der Waals surface area contributed by atoms with Crippen LogP contribution in [-0.4, -0.2) is 57.4 Å². The molecule has 0 bridgehead atoms. The Hall–Kier alpha value is -2.15. The fourth-order valence-corrected chi connectivity index (χ4v) is 2.47. The van der Waals surface area contributed by atoms with Crippen LogP contribution in [0.15, 0.2) is 6.07 Å². The number of likely N-dealkylation sites (tertiary alicyclic amines) is 1. The fraction of sp³-hybridized carbons (Fsp3) is 0.533. The molecule has 1 heterocycles. The molecule has 0 spiro atoms. The van der Waals surface area contributed by atoms with Crippen LogP contribution in [-0.2, 0) is 0 Å². The van der Waals surface area contributed by atoms with Crippen molar-refractivity contribution in [3.8, 4) is 17.2 Å². The molecule has 1 aromatic rings. The number of ether oxygens (including phenoxy) is 3. The fourth-order valence-electron chi connectivity index (χ4n) is 2.47. The van der Waals surface area contributed by atoms with Gasteiger partial charge in [0.2, 0.25) is 5.75 Å². The first-order valence-corrected chi connectivity index (χ1v) is 6.96. The minimum atomic E-state index is -0.127. The molecule has 124 valence electrons. The first-order valence-electron chi connectivity index (χ1n) is 6.96. The van der Waals surface area contributed by atoms with E-state index in [0.717, 1.165) is 33.0 Å². The Kier molecular flexibility index (Phi) is 6.78. The van der Waals surface area contributed by atoms with Gasteiger partial charge < -0.3 is 30.0 Å². The lowest BCUT2D eigenvalue weighted by molar-refractivity contribution is 0.0790. The Morgan fingerprint density at radius 2 is 1.64 bits per heavy atom. The number of amides is 1. The molecule has 0 aromatic heterocycles. The summed E-state index contributed by atoms with van der Waals surface area (Å²) in [5, 5.41) is 7.00. The molecule has 1 saturated heterocycles. The van der Waals surface area contributed by atoms with Crippen LogP contribution in [0.2, 0.25) is 0 Å². The molecule has 0 aliphatic carbocycles. The maximum absolute atomic E-state index is 12.6. The topological polar surface area (TPSA) is 94.3 Å². The normalized spacial score (nSPS) is 13.2. The van der Waals surface area contributed by atoms with Crippen LogP contribution < -0.4 is 19.9 Å². The molecular formula is C15H24N2O5. The molecule has 1 fully saturated rings. The summed E-state index contributed by atoms with van der Waals surface area (Å²) in [6.07, 6.45) is 2.03. The molecule has 0 atom stereocenters. The summed E-state index contributed by atoms with van der Waals surface area (Å²) < 4.78 is 15.8. The number of nitrogens with zero attached hydrogens (tertiary/aromatic N) is 1. The Balaban J connectivity index is 0.00000116. The average Bonchev–Trinajstić information content (AvgIpc) is 3.09. The van der Waals surface area contributed by atoms with Crippen LogP contribution in [0, 0.1) is 0 Å².